The average Bonchev–Trinajstić information content (AvgIpc) is 3.23. The molecule has 12 nitrogen and oxygen atoms in total. The summed E-state index contributed by atoms with van der Waals surface area (Å²) in [6.45, 7) is -0.0990. The van der Waals surface area contributed by atoms with Crippen LogP contribution >= 0.6 is 7.82 Å². The summed E-state index contributed by atoms with van der Waals surface area (Å²) in [4.78, 5) is 41.9. The molecule has 4 unspecified atom stereocenters. The van der Waals surface area contributed by atoms with Gasteiger partial charge in [0.15, 0.2) is 18.4 Å². The summed E-state index contributed by atoms with van der Waals surface area (Å²) in [5.74, 6) is 0.0282. The van der Waals surface area contributed by atoms with Gasteiger partial charge in [-0.2, -0.15) is 14.0 Å². The van der Waals surface area contributed by atoms with E-state index in [9.17, 15) is 14.5 Å². The monoisotopic (exact) mass is 394 g/mol. The second-order valence-corrected chi connectivity index (χ2v) is 7.45. The molecule has 0 bridgehead atoms. The molecule has 5 atom stereocenters. The molecule has 3 N–H and O–H groups in total. The molecule has 4 rings (SSSR count). The number of nitrogen functional groups attached to an aromatic ring is 1. The Labute approximate surface area is 153 Å². The molecule has 0 aromatic carbocycles. The summed E-state index contributed by atoms with van der Waals surface area (Å²) in [6.07, 6.45) is 0.718. The van der Waals surface area contributed by atoms with Gasteiger partial charge in [0.25, 0.3) is 0 Å². The molecule has 0 saturated carbocycles. The quantitative estimate of drug-likeness (QED) is 0.490. The highest BCUT2D eigenvalue weighted by molar-refractivity contribution is 7.85. The number of nitrogens with zero attached hydrogens (tertiary/aromatic N) is 4. The van der Waals surface area contributed by atoms with Crippen molar-refractivity contribution in [1.82, 2.24) is 19.1 Å². The number of fused-ring (bicyclic) bond motifs is 1. The van der Waals surface area contributed by atoms with Gasteiger partial charge in [0.1, 0.15) is 24.9 Å². The van der Waals surface area contributed by atoms with E-state index < -0.39 is 44.1 Å². The first-order valence-corrected chi connectivity index (χ1v) is 9.41. The predicted molar refractivity (Wildman–Crippen MR) is 90.4 cm³/mol. The first kappa shape index (κ1) is 18.1. The number of aromatic nitrogens is 4. The molecule has 0 aliphatic carbocycles. The maximum absolute atomic E-state index is 12.4. The first-order chi connectivity index (χ1) is 12.8. The number of rotatable bonds is 2. The minimum absolute atomic E-state index is 0.0282. The average molecular weight is 394 g/mol. The number of hydrogen-bond donors (Lipinski definition) is 2. The van der Waals surface area contributed by atoms with E-state index >= 15 is 0 Å². The van der Waals surface area contributed by atoms with Crippen molar-refractivity contribution in [2.24, 2.45) is 0 Å². The van der Waals surface area contributed by atoms with E-state index in [2.05, 4.69) is 9.97 Å². The molecular formula is C13H14BN5O7P+. The maximum atomic E-state index is 12.4. The highest BCUT2D eigenvalue weighted by Gasteiger charge is 2.59. The molecule has 2 aliphatic heterocycles. The van der Waals surface area contributed by atoms with Crippen molar-refractivity contribution in [1.29, 1.82) is 0 Å². The van der Waals surface area contributed by atoms with Gasteiger partial charge in [0, 0.05) is 18.6 Å². The van der Waals surface area contributed by atoms with Gasteiger partial charge >= 0.3 is 27.2 Å². The Hall–Kier alpha value is -2.31. The minimum Gasteiger partial charge on any atom is -0.438 e. The van der Waals surface area contributed by atoms with E-state index in [1.807, 2.05) is 0 Å². The summed E-state index contributed by atoms with van der Waals surface area (Å²) >= 11 is 0. The van der Waals surface area contributed by atoms with Crippen molar-refractivity contribution >= 4 is 27.3 Å². The van der Waals surface area contributed by atoms with Crippen LogP contribution in [0.15, 0.2) is 35.8 Å². The van der Waals surface area contributed by atoms with Crippen LogP contribution in [-0.2, 0) is 18.5 Å². The molecule has 2 fully saturated rings. The number of anilines is 1. The molecule has 2 aromatic rings. The number of carbonyl (C=O) groups excluding carboxylic acids is 1. The Morgan fingerprint density at radius 3 is 3.00 bits per heavy atom. The van der Waals surface area contributed by atoms with Crippen LogP contribution in [-0.4, -0.2) is 62.6 Å². The van der Waals surface area contributed by atoms with Crippen LogP contribution in [0.3, 0.4) is 0 Å². The van der Waals surface area contributed by atoms with Crippen LogP contribution in [0.25, 0.3) is 0 Å². The largest absolute Gasteiger partial charge is 0.488 e. The number of ether oxygens (including phenoxy) is 2. The van der Waals surface area contributed by atoms with Gasteiger partial charge in [-0.3, -0.25) is 4.57 Å². The zero-order valence-electron chi connectivity index (χ0n) is 13.7. The Balaban J connectivity index is 1.68. The molecular weight excluding hydrogens is 380 g/mol. The minimum atomic E-state index is -3.60. The molecule has 2 aromatic heterocycles. The lowest BCUT2D eigenvalue weighted by molar-refractivity contribution is -0.0633. The first-order valence-electron chi connectivity index (χ1n) is 7.76. The van der Waals surface area contributed by atoms with Gasteiger partial charge in [-0.1, -0.05) is 0 Å². The standard InChI is InChI=1S/C13H14BN5O7P/c14-27(22)23-5-7-9(26-27)10(25-13(21)18-4-2-16-6-18)11(24-7)19-3-1-8(15)17-12(19)20/h1-4,6-7,9-11,22H,5H2,(H2,15,17,20)/q+1/t7?,9-,10?,11?,27?/m1/s1. The molecule has 4 heterocycles. The molecule has 27 heavy (non-hydrogen) atoms. The van der Waals surface area contributed by atoms with Gasteiger partial charge in [-0.05, 0) is 6.07 Å². The van der Waals surface area contributed by atoms with Crippen LogP contribution in [0.4, 0.5) is 10.6 Å². The maximum Gasteiger partial charge on any atom is 0.488 e. The summed E-state index contributed by atoms with van der Waals surface area (Å²) in [7, 11) is 1.97. The molecule has 0 amide bonds. The third kappa shape index (κ3) is 3.47. The zero-order chi connectivity index (χ0) is 19.2. The SMILES string of the molecule is [B][P+]1(O)OCC2OC(n3ccc(N)nc3=O)C(OC(=O)n3ccnc3)[C@@H]2O1. The van der Waals surface area contributed by atoms with Gasteiger partial charge in [-0.15, -0.1) is 0 Å². The Kier molecular flexibility index (Phi) is 4.48. The second kappa shape index (κ2) is 6.70. The molecule has 0 spiro atoms. The van der Waals surface area contributed by atoms with Gasteiger partial charge < -0.3 is 15.2 Å². The highest BCUT2D eigenvalue weighted by Crippen LogP contribution is 2.58. The van der Waals surface area contributed by atoms with E-state index in [-0.39, 0.29) is 12.4 Å². The van der Waals surface area contributed by atoms with Crippen molar-refractivity contribution in [3.05, 3.63) is 41.5 Å². The fraction of sp³-hybridized carbons (Fsp3) is 0.385. The van der Waals surface area contributed by atoms with E-state index in [1.165, 1.54) is 31.0 Å². The highest BCUT2D eigenvalue weighted by atomic mass is 31.2. The van der Waals surface area contributed by atoms with Crippen molar-refractivity contribution in [3.8, 4) is 0 Å². The summed E-state index contributed by atoms with van der Waals surface area (Å²) < 4.78 is 23.9. The van der Waals surface area contributed by atoms with E-state index in [0.717, 1.165) is 9.13 Å². The predicted octanol–water partition coefficient (Wildman–Crippen LogP) is -0.773. The molecule has 2 aliphatic rings. The third-order valence-electron chi connectivity index (χ3n) is 4.06. The van der Waals surface area contributed by atoms with E-state index in [0.29, 0.717) is 0 Å². The molecule has 140 valence electrons. The van der Waals surface area contributed by atoms with Gasteiger partial charge in [0.05, 0.1) is 0 Å². The fourth-order valence-electron chi connectivity index (χ4n) is 2.87. The number of nitrogens with two attached hydrogens (primary N) is 1. The topological polar surface area (TPSA) is 153 Å². The lowest BCUT2D eigenvalue weighted by atomic mass is 10.1. The van der Waals surface area contributed by atoms with Crippen LogP contribution in [0.2, 0.25) is 0 Å². The fourth-order valence-corrected chi connectivity index (χ4v) is 3.89. The normalized spacial score (nSPS) is 32.8. The Bertz CT molecular complexity index is 907. The molecule has 2 saturated heterocycles. The molecule has 2 radical (unpaired) electrons. The second-order valence-electron chi connectivity index (χ2n) is 5.86. The van der Waals surface area contributed by atoms with Crippen LogP contribution in [0.1, 0.15) is 6.23 Å². The third-order valence-corrected chi connectivity index (χ3v) is 5.12. The Morgan fingerprint density at radius 1 is 1.48 bits per heavy atom. The van der Waals surface area contributed by atoms with E-state index in [1.54, 1.807) is 0 Å². The van der Waals surface area contributed by atoms with Gasteiger partial charge in [0.2, 0.25) is 0 Å². The summed E-state index contributed by atoms with van der Waals surface area (Å²) in [5.41, 5.74) is 4.80. The zero-order valence-corrected chi connectivity index (χ0v) is 14.6. The summed E-state index contributed by atoms with van der Waals surface area (Å²) in [5, 5.41) is 0. The van der Waals surface area contributed by atoms with Crippen LogP contribution in [0, 0.1) is 0 Å². The van der Waals surface area contributed by atoms with Crippen LogP contribution < -0.4 is 11.4 Å². The molecule has 14 heteroatoms. The summed E-state index contributed by atoms with van der Waals surface area (Å²) in [6, 6.07) is 1.39. The van der Waals surface area contributed by atoms with Crippen molar-refractivity contribution in [2.45, 2.75) is 24.5 Å². The van der Waals surface area contributed by atoms with Crippen molar-refractivity contribution in [2.75, 3.05) is 12.3 Å². The number of hydrogen-bond acceptors (Lipinski definition) is 10. The van der Waals surface area contributed by atoms with Crippen molar-refractivity contribution < 1.29 is 28.2 Å². The lowest BCUT2D eigenvalue weighted by Gasteiger charge is -2.29. The van der Waals surface area contributed by atoms with Crippen molar-refractivity contribution in [3.63, 3.8) is 0 Å². The Morgan fingerprint density at radius 2 is 2.30 bits per heavy atom. The number of imidazole rings is 1. The van der Waals surface area contributed by atoms with Crippen LogP contribution in [0.5, 0.6) is 0 Å². The lowest BCUT2D eigenvalue weighted by Crippen LogP contribution is -2.43. The smallest absolute Gasteiger partial charge is 0.438 e. The van der Waals surface area contributed by atoms with E-state index in [4.69, 9.17) is 31.8 Å². The number of carbonyl (C=O) groups is 1. The van der Waals surface area contributed by atoms with Gasteiger partial charge in [-0.25, -0.2) is 24.0 Å².